The monoisotopic (exact) mass is 413 g/mol. The molecular weight excluding hydrogens is 388 g/mol. The van der Waals surface area contributed by atoms with Gasteiger partial charge in [0.25, 0.3) is 5.22 Å². The fraction of sp³-hybridized carbons (Fsp3) is 0.333. The molecule has 0 amide bonds. The zero-order chi connectivity index (χ0) is 20.2. The Morgan fingerprint density at radius 3 is 2.55 bits per heavy atom. The Bertz CT molecular complexity index is 928. The van der Waals surface area contributed by atoms with E-state index in [1.165, 1.54) is 23.0 Å². The summed E-state index contributed by atoms with van der Waals surface area (Å²) in [7, 11) is 5.72. The molecule has 3 aromatic rings. The fourth-order valence-electron chi connectivity index (χ4n) is 3.16. The summed E-state index contributed by atoms with van der Waals surface area (Å²) in [5.41, 5.74) is 3.24. The third-order valence-electron chi connectivity index (χ3n) is 4.83. The lowest BCUT2D eigenvalue weighted by Gasteiger charge is -2.14. The normalized spacial score (nSPS) is 18.7. The molecule has 152 valence electrons. The third-order valence-corrected chi connectivity index (χ3v) is 5.78. The minimum atomic E-state index is 0.0364. The summed E-state index contributed by atoms with van der Waals surface area (Å²) in [5.74, 6) is 2.07. The zero-order valence-corrected chi connectivity index (χ0v) is 17.6. The van der Waals surface area contributed by atoms with Gasteiger partial charge in [-0.15, -0.1) is 10.2 Å². The van der Waals surface area contributed by atoms with E-state index in [2.05, 4.69) is 44.7 Å². The first-order valence-corrected chi connectivity index (χ1v) is 10.5. The standard InChI is InChI=1S/C21H24N4O3S/c1-25(2)16-8-4-14(5-9-16)19-22-12-18(27-19)13-29-21-24-23-20(28-21)15-6-10-17(26-3)11-7-15/h4-11,18-19,22H,12-13H2,1-3H3/p+1/t18-,19+/m0/s1. The van der Waals surface area contributed by atoms with Crippen molar-refractivity contribution in [1.82, 2.24) is 10.2 Å². The molecule has 29 heavy (non-hydrogen) atoms. The summed E-state index contributed by atoms with van der Waals surface area (Å²) in [5, 5.41) is 11.1. The summed E-state index contributed by atoms with van der Waals surface area (Å²) in [4.78, 5) is 2.09. The smallest absolute Gasteiger partial charge is 0.276 e. The number of anilines is 1. The van der Waals surface area contributed by atoms with E-state index in [1.807, 2.05) is 38.4 Å². The SMILES string of the molecule is COc1ccc(-c2nnc(SC[C@@H]3C[NH2+][C@@H](c4ccc(N(C)C)cc4)O3)o2)cc1. The summed E-state index contributed by atoms with van der Waals surface area (Å²) >= 11 is 1.53. The number of benzene rings is 2. The maximum Gasteiger partial charge on any atom is 0.276 e. The highest BCUT2D eigenvalue weighted by atomic mass is 32.2. The lowest BCUT2D eigenvalue weighted by molar-refractivity contribution is -0.697. The molecule has 2 aromatic carbocycles. The number of methoxy groups -OCH3 is 1. The first-order chi connectivity index (χ1) is 14.1. The number of rotatable bonds is 7. The van der Waals surface area contributed by atoms with Gasteiger partial charge in [-0.25, -0.2) is 0 Å². The molecule has 1 fully saturated rings. The third kappa shape index (κ3) is 4.72. The zero-order valence-electron chi connectivity index (χ0n) is 16.7. The van der Waals surface area contributed by atoms with Crippen LogP contribution < -0.4 is 15.0 Å². The van der Waals surface area contributed by atoms with Gasteiger partial charge in [-0.2, -0.15) is 0 Å². The Kier molecular flexibility index (Phi) is 6.03. The Hall–Kier alpha value is -2.55. The van der Waals surface area contributed by atoms with Crippen LogP contribution in [0.2, 0.25) is 0 Å². The first kappa shape index (κ1) is 19.8. The second-order valence-electron chi connectivity index (χ2n) is 7.05. The number of thioether (sulfide) groups is 1. The number of hydrogen-bond donors (Lipinski definition) is 1. The van der Waals surface area contributed by atoms with E-state index in [0.717, 1.165) is 23.6 Å². The van der Waals surface area contributed by atoms with Crippen LogP contribution in [0.1, 0.15) is 11.8 Å². The summed E-state index contributed by atoms with van der Waals surface area (Å²) < 4.78 is 17.1. The average molecular weight is 414 g/mol. The highest BCUT2D eigenvalue weighted by molar-refractivity contribution is 7.99. The quantitative estimate of drug-likeness (QED) is 0.597. The lowest BCUT2D eigenvalue weighted by atomic mass is 10.2. The van der Waals surface area contributed by atoms with Crippen LogP contribution in [0.3, 0.4) is 0 Å². The maximum absolute atomic E-state index is 6.19. The van der Waals surface area contributed by atoms with Crippen LogP contribution >= 0.6 is 11.8 Å². The van der Waals surface area contributed by atoms with Crippen molar-refractivity contribution >= 4 is 17.4 Å². The molecule has 0 aliphatic carbocycles. The molecule has 2 atom stereocenters. The Balaban J connectivity index is 1.30. The van der Waals surface area contributed by atoms with Crippen LogP contribution in [0.5, 0.6) is 5.75 Å². The molecule has 1 aliphatic heterocycles. The molecule has 2 N–H and O–H groups in total. The van der Waals surface area contributed by atoms with Gasteiger partial charge in [0.05, 0.1) is 7.11 Å². The largest absolute Gasteiger partial charge is 0.497 e. The molecule has 0 radical (unpaired) electrons. The second-order valence-corrected chi connectivity index (χ2v) is 8.02. The number of hydrogen-bond acceptors (Lipinski definition) is 7. The Morgan fingerprint density at radius 1 is 1.10 bits per heavy atom. The Morgan fingerprint density at radius 2 is 1.86 bits per heavy atom. The van der Waals surface area contributed by atoms with Gasteiger partial charge >= 0.3 is 0 Å². The predicted molar refractivity (Wildman–Crippen MR) is 112 cm³/mol. The van der Waals surface area contributed by atoms with Gasteiger partial charge in [0.2, 0.25) is 12.1 Å². The van der Waals surface area contributed by atoms with E-state index < -0.39 is 0 Å². The lowest BCUT2D eigenvalue weighted by Crippen LogP contribution is -2.82. The van der Waals surface area contributed by atoms with E-state index in [-0.39, 0.29) is 12.3 Å². The van der Waals surface area contributed by atoms with Crippen molar-refractivity contribution in [3.63, 3.8) is 0 Å². The molecule has 0 unspecified atom stereocenters. The minimum Gasteiger partial charge on any atom is -0.497 e. The molecule has 2 heterocycles. The number of aromatic nitrogens is 2. The first-order valence-electron chi connectivity index (χ1n) is 9.49. The highest BCUT2D eigenvalue weighted by Gasteiger charge is 2.30. The van der Waals surface area contributed by atoms with Crippen molar-refractivity contribution in [2.45, 2.75) is 17.6 Å². The molecule has 0 saturated carbocycles. The van der Waals surface area contributed by atoms with E-state index >= 15 is 0 Å². The van der Waals surface area contributed by atoms with Crippen molar-refractivity contribution in [3.8, 4) is 17.2 Å². The van der Waals surface area contributed by atoms with Crippen LogP contribution in [0.4, 0.5) is 5.69 Å². The Labute approximate surface area is 174 Å². The van der Waals surface area contributed by atoms with E-state index in [0.29, 0.717) is 11.1 Å². The van der Waals surface area contributed by atoms with E-state index in [1.54, 1.807) is 7.11 Å². The molecule has 1 saturated heterocycles. The molecular formula is C21H25N4O3S+. The summed E-state index contributed by atoms with van der Waals surface area (Å²) in [6, 6.07) is 16.1. The van der Waals surface area contributed by atoms with Crippen LogP contribution in [-0.2, 0) is 4.74 Å². The molecule has 0 spiro atoms. The second kappa shape index (κ2) is 8.86. The molecule has 8 heteroatoms. The molecule has 1 aliphatic rings. The molecule has 1 aromatic heterocycles. The average Bonchev–Trinajstić information content (AvgIpc) is 3.42. The van der Waals surface area contributed by atoms with Gasteiger partial charge in [-0.3, -0.25) is 0 Å². The number of nitrogens with zero attached hydrogens (tertiary/aromatic N) is 3. The predicted octanol–water partition coefficient (Wildman–Crippen LogP) is 2.56. The van der Waals surface area contributed by atoms with Gasteiger partial charge in [-0.1, -0.05) is 11.8 Å². The van der Waals surface area contributed by atoms with Crippen LogP contribution in [-0.4, -0.2) is 49.8 Å². The van der Waals surface area contributed by atoms with Gasteiger partial charge in [0.15, 0.2) is 0 Å². The van der Waals surface area contributed by atoms with E-state index in [4.69, 9.17) is 13.9 Å². The van der Waals surface area contributed by atoms with Gasteiger partial charge in [-0.05, 0) is 48.5 Å². The van der Waals surface area contributed by atoms with Gasteiger partial charge < -0.3 is 24.1 Å². The van der Waals surface area contributed by atoms with Crippen molar-refractivity contribution in [3.05, 3.63) is 54.1 Å². The van der Waals surface area contributed by atoms with Crippen molar-refractivity contribution in [2.75, 3.05) is 38.4 Å². The number of nitrogens with two attached hydrogens (primary N) is 1. The van der Waals surface area contributed by atoms with Gasteiger partial charge in [0.1, 0.15) is 18.4 Å². The summed E-state index contributed by atoms with van der Waals surface area (Å²) in [6.45, 7) is 0.909. The van der Waals surface area contributed by atoms with E-state index in [9.17, 15) is 0 Å². The maximum atomic E-state index is 6.19. The molecule has 7 nitrogen and oxygen atoms in total. The highest BCUT2D eigenvalue weighted by Crippen LogP contribution is 2.27. The van der Waals surface area contributed by atoms with Crippen molar-refractivity contribution in [1.29, 1.82) is 0 Å². The fourth-order valence-corrected chi connectivity index (χ4v) is 3.94. The topological polar surface area (TPSA) is 77.2 Å². The number of quaternary nitrogens is 1. The summed E-state index contributed by atoms with van der Waals surface area (Å²) in [6.07, 6.45) is 0.171. The molecule has 4 rings (SSSR count). The van der Waals surface area contributed by atoms with Crippen molar-refractivity contribution in [2.24, 2.45) is 0 Å². The van der Waals surface area contributed by atoms with Crippen LogP contribution in [0, 0.1) is 0 Å². The minimum absolute atomic E-state index is 0.0364. The van der Waals surface area contributed by atoms with Crippen molar-refractivity contribution < 1.29 is 19.2 Å². The van der Waals surface area contributed by atoms with Crippen LogP contribution in [0.25, 0.3) is 11.5 Å². The van der Waals surface area contributed by atoms with Crippen LogP contribution in [0.15, 0.2) is 58.2 Å². The van der Waals surface area contributed by atoms with Gasteiger partial charge in [0, 0.05) is 36.7 Å². The molecule has 0 bridgehead atoms. The number of ether oxygens (including phenoxy) is 2.